The van der Waals surface area contributed by atoms with Crippen molar-refractivity contribution in [3.05, 3.63) is 47.0 Å². The van der Waals surface area contributed by atoms with Gasteiger partial charge in [-0.3, -0.25) is 9.78 Å². The number of aryl methyl sites for hydroxylation is 2. The summed E-state index contributed by atoms with van der Waals surface area (Å²) in [7, 11) is 0. The summed E-state index contributed by atoms with van der Waals surface area (Å²) in [6, 6.07) is 5.99. The number of rotatable bonds is 4. The van der Waals surface area contributed by atoms with Crippen molar-refractivity contribution < 1.29 is 9.53 Å². The summed E-state index contributed by atoms with van der Waals surface area (Å²) in [5.74, 6) is 0.682. The van der Waals surface area contributed by atoms with Crippen molar-refractivity contribution in [3.8, 4) is 5.82 Å². The molecule has 26 heavy (non-hydrogen) atoms. The van der Waals surface area contributed by atoms with Gasteiger partial charge in [-0.05, 0) is 44.0 Å². The summed E-state index contributed by atoms with van der Waals surface area (Å²) >= 11 is 0. The Kier molecular flexibility index (Phi) is 4.16. The molecule has 1 unspecified atom stereocenters. The lowest BCUT2D eigenvalue weighted by Crippen LogP contribution is -2.14. The lowest BCUT2D eigenvalue weighted by molar-refractivity contribution is -0.117. The van der Waals surface area contributed by atoms with Gasteiger partial charge in [0.1, 0.15) is 0 Å². The number of nitrogens with two attached hydrogens (primary N) is 1. The van der Waals surface area contributed by atoms with Crippen LogP contribution in [0.5, 0.6) is 0 Å². The van der Waals surface area contributed by atoms with Crippen molar-refractivity contribution in [2.45, 2.75) is 32.6 Å². The molecule has 3 aromatic rings. The number of nitrogens with zero attached hydrogens (tertiary/aromatic N) is 4. The van der Waals surface area contributed by atoms with Crippen LogP contribution in [0.3, 0.4) is 0 Å². The largest absolute Gasteiger partial charge is 0.381 e. The Hall–Kier alpha value is -2.80. The predicted octanol–water partition coefficient (Wildman–Crippen LogP) is 1.96. The number of ether oxygens (including phenoxy) is 1. The van der Waals surface area contributed by atoms with Crippen LogP contribution in [0.2, 0.25) is 0 Å². The van der Waals surface area contributed by atoms with Crippen LogP contribution in [-0.4, -0.2) is 38.9 Å². The average molecular weight is 351 g/mol. The molecule has 0 aliphatic carbocycles. The van der Waals surface area contributed by atoms with Gasteiger partial charge in [-0.25, -0.2) is 9.67 Å². The molecule has 1 saturated heterocycles. The molecule has 1 fully saturated rings. The summed E-state index contributed by atoms with van der Waals surface area (Å²) < 4.78 is 7.33. The van der Waals surface area contributed by atoms with Gasteiger partial charge in [-0.15, -0.1) is 0 Å². The van der Waals surface area contributed by atoms with E-state index in [2.05, 4.69) is 23.1 Å². The Morgan fingerprint density at radius 2 is 2.19 bits per heavy atom. The van der Waals surface area contributed by atoms with Crippen molar-refractivity contribution in [1.29, 1.82) is 0 Å². The van der Waals surface area contributed by atoms with Crippen LogP contribution in [0.1, 0.15) is 35.0 Å². The number of pyridine rings is 2. The lowest BCUT2D eigenvalue weighted by atomic mass is 10.0. The van der Waals surface area contributed by atoms with Gasteiger partial charge in [-0.1, -0.05) is 0 Å². The van der Waals surface area contributed by atoms with E-state index in [1.807, 2.05) is 23.7 Å². The first kappa shape index (κ1) is 16.7. The standard InChI is InChI=1S/C19H21N5O2/c1-11-5-16(13-3-4-26-10-13)22-19(6-11)24-17-7-14(8-18(20)25)21-9-15(17)12(2)23-24/h5-7,9,13H,3-4,8,10H2,1-2H3,(H2,20,25). The molecule has 7 nitrogen and oxygen atoms in total. The molecule has 0 aromatic carbocycles. The molecule has 0 radical (unpaired) electrons. The molecule has 1 atom stereocenters. The van der Waals surface area contributed by atoms with Crippen molar-refractivity contribution in [1.82, 2.24) is 19.7 Å². The zero-order valence-corrected chi connectivity index (χ0v) is 14.9. The average Bonchev–Trinajstić information content (AvgIpc) is 3.22. The molecule has 7 heteroatoms. The maximum atomic E-state index is 11.2. The van der Waals surface area contributed by atoms with E-state index in [4.69, 9.17) is 15.5 Å². The second-order valence-electron chi connectivity index (χ2n) is 6.82. The molecule has 134 valence electrons. The fraction of sp³-hybridized carbons (Fsp3) is 0.368. The summed E-state index contributed by atoms with van der Waals surface area (Å²) in [5.41, 5.74) is 9.84. The van der Waals surface area contributed by atoms with Crippen LogP contribution in [-0.2, 0) is 16.0 Å². The highest BCUT2D eigenvalue weighted by Gasteiger charge is 2.21. The number of aromatic nitrogens is 4. The third kappa shape index (κ3) is 3.06. The van der Waals surface area contributed by atoms with E-state index in [9.17, 15) is 4.79 Å². The molecule has 4 heterocycles. The van der Waals surface area contributed by atoms with Gasteiger partial charge < -0.3 is 10.5 Å². The molecule has 2 N–H and O–H groups in total. The highest BCUT2D eigenvalue weighted by atomic mass is 16.5. The Labute approximate surface area is 151 Å². The molecular formula is C19H21N5O2. The number of fused-ring (bicyclic) bond motifs is 1. The fourth-order valence-corrected chi connectivity index (χ4v) is 3.41. The minimum absolute atomic E-state index is 0.103. The van der Waals surface area contributed by atoms with Gasteiger partial charge in [0.05, 0.1) is 29.9 Å². The topological polar surface area (TPSA) is 95.9 Å². The Balaban J connectivity index is 1.84. The van der Waals surface area contributed by atoms with E-state index >= 15 is 0 Å². The molecule has 1 amide bonds. The molecular weight excluding hydrogens is 330 g/mol. The summed E-state index contributed by atoms with van der Waals surface area (Å²) in [4.78, 5) is 20.4. The molecule has 3 aromatic heterocycles. The third-order valence-electron chi connectivity index (χ3n) is 4.70. The lowest BCUT2D eigenvalue weighted by Gasteiger charge is -2.11. The van der Waals surface area contributed by atoms with Crippen LogP contribution in [0.4, 0.5) is 0 Å². The zero-order valence-electron chi connectivity index (χ0n) is 14.9. The van der Waals surface area contributed by atoms with E-state index < -0.39 is 5.91 Å². The van der Waals surface area contributed by atoms with Gasteiger partial charge in [-0.2, -0.15) is 5.10 Å². The number of hydrogen-bond donors (Lipinski definition) is 1. The second kappa shape index (κ2) is 6.49. The number of primary amides is 1. The molecule has 1 aliphatic rings. The van der Waals surface area contributed by atoms with Gasteiger partial charge in [0.2, 0.25) is 5.91 Å². The van der Waals surface area contributed by atoms with Crippen molar-refractivity contribution in [2.24, 2.45) is 5.73 Å². The van der Waals surface area contributed by atoms with Gasteiger partial charge in [0.15, 0.2) is 5.82 Å². The highest BCUT2D eigenvalue weighted by molar-refractivity contribution is 5.84. The molecule has 1 aliphatic heterocycles. The molecule has 0 spiro atoms. The maximum Gasteiger partial charge on any atom is 0.223 e. The van der Waals surface area contributed by atoms with E-state index in [0.717, 1.165) is 46.7 Å². The summed E-state index contributed by atoms with van der Waals surface area (Å²) in [5, 5.41) is 5.59. The van der Waals surface area contributed by atoms with E-state index in [1.54, 1.807) is 6.20 Å². The Bertz CT molecular complexity index is 989. The Morgan fingerprint density at radius 1 is 1.35 bits per heavy atom. The van der Waals surface area contributed by atoms with Crippen molar-refractivity contribution >= 4 is 16.8 Å². The van der Waals surface area contributed by atoms with Crippen LogP contribution >= 0.6 is 0 Å². The first-order valence-electron chi connectivity index (χ1n) is 8.70. The third-order valence-corrected chi connectivity index (χ3v) is 4.70. The normalized spacial score (nSPS) is 17.1. The first-order chi connectivity index (χ1) is 12.5. The minimum atomic E-state index is -0.406. The van der Waals surface area contributed by atoms with Gasteiger partial charge in [0, 0.05) is 29.8 Å². The molecule has 4 rings (SSSR count). The predicted molar refractivity (Wildman–Crippen MR) is 97.2 cm³/mol. The quantitative estimate of drug-likeness (QED) is 0.775. The smallest absolute Gasteiger partial charge is 0.223 e. The molecule has 0 bridgehead atoms. The van der Waals surface area contributed by atoms with Crippen molar-refractivity contribution in [2.75, 3.05) is 13.2 Å². The van der Waals surface area contributed by atoms with Gasteiger partial charge in [0.25, 0.3) is 0 Å². The second-order valence-corrected chi connectivity index (χ2v) is 6.82. The van der Waals surface area contributed by atoms with Crippen LogP contribution in [0, 0.1) is 13.8 Å². The number of carbonyl (C=O) groups excluding carboxylic acids is 1. The van der Waals surface area contributed by atoms with E-state index in [-0.39, 0.29) is 6.42 Å². The van der Waals surface area contributed by atoms with Gasteiger partial charge >= 0.3 is 0 Å². The van der Waals surface area contributed by atoms with Crippen LogP contribution < -0.4 is 5.73 Å². The van der Waals surface area contributed by atoms with E-state index in [0.29, 0.717) is 18.2 Å². The highest BCUT2D eigenvalue weighted by Crippen LogP contribution is 2.27. The van der Waals surface area contributed by atoms with Crippen LogP contribution in [0.25, 0.3) is 16.7 Å². The molecule has 0 saturated carbocycles. The van der Waals surface area contributed by atoms with E-state index in [1.165, 1.54) is 0 Å². The zero-order chi connectivity index (χ0) is 18.3. The number of amides is 1. The van der Waals surface area contributed by atoms with Crippen LogP contribution in [0.15, 0.2) is 24.4 Å². The summed E-state index contributed by atoms with van der Waals surface area (Å²) in [6.45, 7) is 5.49. The fourth-order valence-electron chi connectivity index (χ4n) is 3.41. The Morgan fingerprint density at radius 3 is 2.92 bits per heavy atom. The first-order valence-corrected chi connectivity index (χ1v) is 8.70. The maximum absolute atomic E-state index is 11.2. The number of hydrogen-bond acceptors (Lipinski definition) is 5. The number of carbonyl (C=O) groups is 1. The summed E-state index contributed by atoms with van der Waals surface area (Å²) in [6.07, 6.45) is 2.83. The monoisotopic (exact) mass is 351 g/mol. The minimum Gasteiger partial charge on any atom is -0.381 e. The van der Waals surface area contributed by atoms with Crippen molar-refractivity contribution in [3.63, 3.8) is 0 Å². The SMILES string of the molecule is Cc1cc(C2CCOC2)nc(-n2nc(C)c3cnc(CC(N)=O)cc32)c1.